The van der Waals surface area contributed by atoms with Gasteiger partial charge in [-0.3, -0.25) is 4.79 Å². The van der Waals surface area contributed by atoms with Gasteiger partial charge in [-0.2, -0.15) is 0 Å². The highest BCUT2D eigenvalue weighted by Crippen LogP contribution is 2.19. The van der Waals surface area contributed by atoms with Gasteiger partial charge in [-0.15, -0.1) is 0 Å². The molecule has 0 radical (unpaired) electrons. The first-order valence-electron chi connectivity index (χ1n) is 4.84. The fourth-order valence-electron chi connectivity index (χ4n) is 1.54. The molecule has 12 heavy (non-hydrogen) atoms. The molecule has 0 aromatic carbocycles. The second kappa shape index (κ2) is 6.04. The number of carbonyl (C=O) groups is 1. The van der Waals surface area contributed by atoms with Crippen LogP contribution in [0.3, 0.4) is 0 Å². The van der Waals surface area contributed by atoms with Crippen molar-refractivity contribution in [1.82, 2.24) is 0 Å². The first-order valence-corrected chi connectivity index (χ1v) is 4.84. The van der Waals surface area contributed by atoms with E-state index >= 15 is 0 Å². The van der Waals surface area contributed by atoms with Gasteiger partial charge in [0.15, 0.2) is 0 Å². The van der Waals surface area contributed by atoms with Crippen molar-refractivity contribution in [1.29, 1.82) is 0 Å². The second-order valence-corrected chi connectivity index (χ2v) is 3.57. The summed E-state index contributed by atoms with van der Waals surface area (Å²) in [5.41, 5.74) is 0. The molecule has 0 bridgehead atoms. The molecule has 0 saturated carbocycles. The highest BCUT2D eigenvalue weighted by molar-refractivity contribution is 5.69. The molecule has 0 spiro atoms. The zero-order chi connectivity index (χ0) is 9.56. The smallest absolute Gasteiger partial charge is 0.306 e. The minimum Gasteiger partial charge on any atom is -0.481 e. The van der Waals surface area contributed by atoms with Crippen LogP contribution in [-0.2, 0) is 4.79 Å². The maximum absolute atomic E-state index is 10.7. The Hall–Kier alpha value is -0.530. The molecule has 0 saturated heterocycles. The fourth-order valence-corrected chi connectivity index (χ4v) is 1.54. The third-order valence-electron chi connectivity index (χ3n) is 2.31. The van der Waals surface area contributed by atoms with E-state index in [1.807, 2.05) is 6.92 Å². The lowest BCUT2D eigenvalue weighted by molar-refractivity contribution is -0.142. The number of hydrogen-bond donors (Lipinski definition) is 1. The van der Waals surface area contributed by atoms with E-state index in [0.29, 0.717) is 5.92 Å². The number of hydrogen-bond acceptors (Lipinski definition) is 1. The van der Waals surface area contributed by atoms with Gasteiger partial charge in [0.05, 0.1) is 5.92 Å². The van der Waals surface area contributed by atoms with Gasteiger partial charge in [-0.05, 0) is 18.8 Å². The molecule has 0 amide bonds. The zero-order valence-electron chi connectivity index (χ0n) is 8.34. The Bertz CT molecular complexity index is 132. The van der Waals surface area contributed by atoms with Crippen molar-refractivity contribution < 1.29 is 9.90 Å². The van der Waals surface area contributed by atoms with E-state index in [2.05, 4.69) is 13.8 Å². The molecule has 0 unspecified atom stereocenters. The zero-order valence-corrected chi connectivity index (χ0v) is 8.34. The van der Waals surface area contributed by atoms with Crippen LogP contribution in [0, 0.1) is 11.8 Å². The molecular formula is C10H20O2. The van der Waals surface area contributed by atoms with Gasteiger partial charge in [-0.1, -0.05) is 33.6 Å². The van der Waals surface area contributed by atoms with Gasteiger partial charge in [0.25, 0.3) is 0 Å². The molecular weight excluding hydrogens is 152 g/mol. The fraction of sp³-hybridized carbons (Fsp3) is 0.900. The van der Waals surface area contributed by atoms with E-state index < -0.39 is 5.97 Å². The summed E-state index contributed by atoms with van der Waals surface area (Å²) in [5, 5.41) is 8.79. The number of aliphatic carboxylic acids is 1. The summed E-state index contributed by atoms with van der Waals surface area (Å²) in [6, 6.07) is 0. The highest BCUT2D eigenvalue weighted by Gasteiger charge is 2.17. The lowest BCUT2D eigenvalue weighted by atomic mass is 9.91. The molecule has 2 atom stereocenters. The van der Waals surface area contributed by atoms with Crippen molar-refractivity contribution in [3.8, 4) is 0 Å². The largest absolute Gasteiger partial charge is 0.481 e. The van der Waals surface area contributed by atoms with E-state index in [0.717, 1.165) is 25.7 Å². The van der Waals surface area contributed by atoms with E-state index in [4.69, 9.17) is 5.11 Å². The van der Waals surface area contributed by atoms with Crippen LogP contribution in [0.1, 0.15) is 46.5 Å². The summed E-state index contributed by atoms with van der Waals surface area (Å²) in [6.07, 6.45) is 3.88. The van der Waals surface area contributed by atoms with Gasteiger partial charge in [0, 0.05) is 0 Å². The lowest BCUT2D eigenvalue weighted by Gasteiger charge is -2.14. The maximum atomic E-state index is 10.7. The van der Waals surface area contributed by atoms with Crippen LogP contribution >= 0.6 is 0 Å². The highest BCUT2D eigenvalue weighted by atomic mass is 16.4. The Morgan fingerprint density at radius 2 is 2.00 bits per heavy atom. The van der Waals surface area contributed by atoms with Crippen molar-refractivity contribution in [2.75, 3.05) is 0 Å². The molecule has 0 aliphatic carbocycles. The van der Waals surface area contributed by atoms with Gasteiger partial charge in [0.2, 0.25) is 0 Å². The van der Waals surface area contributed by atoms with E-state index in [1.165, 1.54) is 0 Å². The molecule has 2 nitrogen and oxygen atoms in total. The van der Waals surface area contributed by atoms with E-state index in [1.54, 1.807) is 0 Å². The van der Waals surface area contributed by atoms with Gasteiger partial charge >= 0.3 is 5.97 Å². The van der Waals surface area contributed by atoms with Crippen molar-refractivity contribution in [2.45, 2.75) is 46.5 Å². The summed E-state index contributed by atoms with van der Waals surface area (Å²) < 4.78 is 0. The van der Waals surface area contributed by atoms with E-state index in [9.17, 15) is 4.79 Å². The minimum absolute atomic E-state index is 0.133. The predicted octanol–water partition coefficient (Wildman–Crippen LogP) is 2.92. The second-order valence-electron chi connectivity index (χ2n) is 3.57. The normalized spacial score (nSPS) is 15.6. The Morgan fingerprint density at radius 1 is 1.42 bits per heavy atom. The molecule has 0 aromatic rings. The molecule has 0 fully saturated rings. The Labute approximate surface area is 75.0 Å². The molecule has 0 aliphatic rings. The summed E-state index contributed by atoms with van der Waals surface area (Å²) in [5.74, 6) is -0.219. The summed E-state index contributed by atoms with van der Waals surface area (Å²) in [4.78, 5) is 10.7. The van der Waals surface area contributed by atoms with Crippen LogP contribution in [0.4, 0.5) is 0 Å². The molecule has 0 rings (SSSR count). The third-order valence-corrected chi connectivity index (χ3v) is 2.31. The standard InChI is InChI=1S/C10H20O2/c1-4-6-8(3)7-9(5-2)10(11)12/h8-9H,4-7H2,1-3H3,(H,11,12)/t8-,9-/m1/s1. The Morgan fingerprint density at radius 3 is 2.33 bits per heavy atom. The third kappa shape index (κ3) is 4.37. The van der Waals surface area contributed by atoms with Gasteiger partial charge in [0.1, 0.15) is 0 Å². The Balaban J connectivity index is 3.77. The molecule has 2 heteroatoms. The average Bonchev–Trinajstić information content (AvgIpc) is 2.00. The summed E-state index contributed by atoms with van der Waals surface area (Å²) >= 11 is 0. The quantitative estimate of drug-likeness (QED) is 0.668. The van der Waals surface area contributed by atoms with Crippen LogP contribution in [0.25, 0.3) is 0 Å². The molecule has 1 N–H and O–H groups in total. The SMILES string of the molecule is CCC[C@@H](C)C[C@@H](CC)C(=O)O. The number of rotatable bonds is 6. The molecule has 72 valence electrons. The van der Waals surface area contributed by atoms with Gasteiger partial charge < -0.3 is 5.11 Å². The molecule has 0 aromatic heterocycles. The first-order chi connectivity index (χ1) is 5.61. The van der Waals surface area contributed by atoms with Crippen molar-refractivity contribution in [3.63, 3.8) is 0 Å². The maximum Gasteiger partial charge on any atom is 0.306 e. The van der Waals surface area contributed by atoms with Crippen LogP contribution < -0.4 is 0 Å². The van der Waals surface area contributed by atoms with Crippen LogP contribution in [0.2, 0.25) is 0 Å². The molecule has 0 aliphatic heterocycles. The number of carboxylic acids is 1. The van der Waals surface area contributed by atoms with Crippen LogP contribution in [-0.4, -0.2) is 11.1 Å². The van der Waals surface area contributed by atoms with Crippen molar-refractivity contribution in [2.24, 2.45) is 11.8 Å². The van der Waals surface area contributed by atoms with E-state index in [-0.39, 0.29) is 5.92 Å². The van der Waals surface area contributed by atoms with Gasteiger partial charge in [-0.25, -0.2) is 0 Å². The van der Waals surface area contributed by atoms with Crippen molar-refractivity contribution >= 4 is 5.97 Å². The predicted molar refractivity (Wildman–Crippen MR) is 50.1 cm³/mol. The lowest BCUT2D eigenvalue weighted by Crippen LogP contribution is -2.15. The van der Waals surface area contributed by atoms with Crippen LogP contribution in [0.5, 0.6) is 0 Å². The van der Waals surface area contributed by atoms with Crippen molar-refractivity contribution in [3.05, 3.63) is 0 Å². The average molecular weight is 172 g/mol. The Kier molecular flexibility index (Phi) is 5.77. The minimum atomic E-state index is -0.638. The monoisotopic (exact) mass is 172 g/mol. The van der Waals surface area contributed by atoms with Crippen LogP contribution in [0.15, 0.2) is 0 Å². The number of carboxylic acid groups (broad SMARTS) is 1. The topological polar surface area (TPSA) is 37.3 Å². The molecule has 0 heterocycles. The summed E-state index contributed by atoms with van der Waals surface area (Å²) in [6.45, 7) is 6.21. The first kappa shape index (κ1) is 11.5. The summed E-state index contributed by atoms with van der Waals surface area (Å²) in [7, 11) is 0.